The fraction of sp³-hybridized carbons (Fsp3) is 0.526. The van der Waals surface area contributed by atoms with Gasteiger partial charge in [0.25, 0.3) is 0 Å². The molecule has 0 saturated carbocycles. The number of carbonyl (C=O) groups excluding carboxylic acids is 2. The lowest BCUT2D eigenvalue weighted by Gasteiger charge is -2.31. The highest BCUT2D eigenvalue weighted by atomic mass is 16.7. The highest BCUT2D eigenvalue weighted by Crippen LogP contribution is 2.22. The van der Waals surface area contributed by atoms with Crippen LogP contribution in [0.25, 0.3) is 11.0 Å². The van der Waals surface area contributed by atoms with Gasteiger partial charge in [-0.25, -0.2) is 24.4 Å². The molecule has 0 spiro atoms. The summed E-state index contributed by atoms with van der Waals surface area (Å²) in [6.45, 7) is 0.342. The molecular weight excluding hydrogens is 424 g/mol. The number of rotatable bonds is 6. The van der Waals surface area contributed by atoms with Gasteiger partial charge in [-0.3, -0.25) is 4.57 Å². The van der Waals surface area contributed by atoms with Crippen LogP contribution in [0, 0.1) is 0 Å². The van der Waals surface area contributed by atoms with Crippen molar-refractivity contribution < 1.29 is 34.1 Å². The molecule has 13 nitrogen and oxygen atoms in total. The molecule has 1 aliphatic heterocycles. The molecule has 1 aliphatic rings. The van der Waals surface area contributed by atoms with Crippen LogP contribution < -0.4 is 5.32 Å². The Bertz CT molecular complexity index is 996. The van der Waals surface area contributed by atoms with E-state index in [1.165, 1.54) is 27.7 Å². The summed E-state index contributed by atoms with van der Waals surface area (Å²) in [5, 5.41) is 22.5. The quantitative estimate of drug-likeness (QED) is 0.562. The number of amides is 2. The number of fused-ring (bicyclic) bond motifs is 1. The summed E-state index contributed by atoms with van der Waals surface area (Å²) in [7, 11) is 4.79. The van der Waals surface area contributed by atoms with E-state index >= 15 is 0 Å². The molecule has 13 heteroatoms. The van der Waals surface area contributed by atoms with E-state index in [0.29, 0.717) is 16.9 Å². The molecule has 0 radical (unpaired) electrons. The summed E-state index contributed by atoms with van der Waals surface area (Å²) in [5.41, 5.74) is 0.454. The van der Waals surface area contributed by atoms with Crippen LogP contribution in [0.1, 0.15) is 12.8 Å². The predicted molar refractivity (Wildman–Crippen MR) is 111 cm³/mol. The van der Waals surface area contributed by atoms with Crippen LogP contribution in [0.15, 0.2) is 18.6 Å². The average Bonchev–Trinajstić information content (AvgIpc) is 3.20. The summed E-state index contributed by atoms with van der Waals surface area (Å²) in [4.78, 5) is 47.2. The number of anilines is 1. The zero-order valence-electron chi connectivity index (χ0n) is 18.0. The van der Waals surface area contributed by atoms with Crippen molar-refractivity contribution in [3.63, 3.8) is 0 Å². The molecule has 0 unspecified atom stereocenters. The minimum absolute atomic E-state index is 0.0150. The zero-order valence-corrected chi connectivity index (χ0v) is 18.0. The van der Waals surface area contributed by atoms with Gasteiger partial charge in [0.1, 0.15) is 12.1 Å². The van der Waals surface area contributed by atoms with E-state index in [0.717, 1.165) is 0 Å². The van der Waals surface area contributed by atoms with Crippen LogP contribution in [0.5, 0.6) is 0 Å². The number of likely N-dealkylation sites (N-methyl/N-ethyl adjacent to an activating group) is 2. The van der Waals surface area contributed by atoms with Gasteiger partial charge < -0.3 is 34.8 Å². The Morgan fingerprint density at radius 3 is 2.66 bits per heavy atom. The number of carboxylic acid groups (broad SMARTS) is 1. The second-order valence-electron chi connectivity index (χ2n) is 7.42. The summed E-state index contributed by atoms with van der Waals surface area (Å²) >= 11 is 0. The zero-order chi connectivity index (χ0) is 23.4. The fourth-order valence-corrected chi connectivity index (χ4v) is 3.27. The molecule has 0 aliphatic carbocycles. The van der Waals surface area contributed by atoms with E-state index in [4.69, 9.17) is 14.6 Å². The van der Waals surface area contributed by atoms with E-state index in [1.54, 1.807) is 26.4 Å². The largest absolute Gasteiger partial charge is 0.479 e. The van der Waals surface area contributed by atoms with Gasteiger partial charge in [0.2, 0.25) is 6.29 Å². The Morgan fingerprint density at radius 1 is 1.25 bits per heavy atom. The third-order valence-corrected chi connectivity index (χ3v) is 5.11. The molecule has 0 bridgehead atoms. The first-order valence-electron chi connectivity index (χ1n) is 9.94. The number of nitrogens with one attached hydrogen (secondary N) is 1. The van der Waals surface area contributed by atoms with E-state index < -0.39 is 30.6 Å². The van der Waals surface area contributed by atoms with Crippen LogP contribution in [0.3, 0.4) is 0 Å². The lowest BCUT2D eigenvalue weighted by atomic mass is 10.1. The van der Waals surface area contributed by atoms with Crippen molar-refractivity contribution in [2.45, 2.75) is 31.3 Å². The van der Waals surface area contributed by atoms with Crippen LogP contribution in [-0.4, -0.2) is 105 Å². The van der Waals surface area contributed by atoms with Crippen LogP contribution in [0.2, 0.25) is 0 Å². The number of aromatic nitrogens is 3. The lowest BCUT2D eigenvalue weighted by Crippen LogP contribution is -2.44. The van der Waals surface area contributed by atoms with E-state index in [-0.39, 0.29) is 32.0 Å². The maximum atomic E-state index is 12.8. The van der Waals surface area contributed by atoms with Gasteiger partial charge >= 0.3 is 18.1 Å². The number of ether oxygens (including phenoxy) is 2. The molecule has 3 atom stereocenters. The standard InChI is InChI=1S/C19H26N6O7/c1-20-15-12-4-5-25(16(12)22-10-21-15)18(29)23(2)6-7-24(3)19(30)32-14-9-11(26)8-13(31-14)17(27)28/h4-5,10-11,13-14,26H,6-9H2,1-3H3,(H,27,28)(H,20,21,22)/t11-,13-,14-/m0/s1. The van der Waals surface area contributed by atoms with Crippen molar-refractivity contribution in [1.29, 1.82) is 0 Å². The predicted octanol–water partition coefficient (Wildman–Crippen LogP) is 0.392. The second-order valence-corrected chi connectivity index (χ2v) is 7.42. The molecule has 1 saturated heterocycles. The molecule has 174 valence electrons. The van der Waals surface area contributed by atoms with Gasteiger partial charge in [0.15, 0.2) is 11.8 Å². The Hall–Kier alpha value is -3.45. The molecule has 2 aromatic heterocycles. The molecule has 2 aromatic rings. The highest BCUT2D eigenvalue weighted by molar-refractivity contribution is 5.94. The van der Waals surface area contributed by atoms with Crippen molar-refractivity contribution >= 4 is 34.9 Å². The number of aliphatic hydroxyl groups is 1. The first-order valence-corrected chi connectivity index (χ1v) is 9.94. The third-order valence-electron chi connectivity index (χ3n) is 5.11. The van der Waals surface area contributed by atoms with Crippen LogP contribution in [0.4, 0.5) is 15.4 Å². The van der Waals surface area contributed by atoms with Crippen molar-refractivity contribution in [2.75, 3.05) is 39.5 Å². The summed E-state index contributed by atoms with van der Waals surface area (Å²) in [6.07, 6.45) is -1.23. The third kappa shape index (κ3) is 5.06. The first kappa shape index (κ1) is 23.2. The summed E-state index contributed by atoms with van der Waals surface area (Å²) < 4.78 is 11.7. The summed E-state index contributed by atoms with van der Waals surface area (Å²) in [6, 6.07) is 1.39. The van der Waals surface area contributed by atoms with E-state index in [2.05, 4.69) is 15.3 Å². The van der Waals surface area contributed by atoms with Gasteiger partial charge in [-0.15, -0.1) is 0 Å². The normalized spacial score (nSPS) is 20.6. The van der Waals surface area contributed by atoms with Crippen LogP contribution in [-0.2, 0) is 14.3 Å². The van der Waals surface area contributed by atoms with Gasteiger partial charge in [0.05, 0.1) is 11.5 Å². The van der Waals surface area contributed by atoms with E-state index in [1.807, 2.05) is 0 Å². The van der Waals surface area contributed by atoms with E-state index in [9.17, 15) is 19.5 Å². The molecule has 3 N–H and O–H groups in total. The van der Waals surface area contributed by atoms with Gasteiger partial charge in [-0.05, 0) is 6.07 Å². The second kappa shape index (κ2) is 9.78. The summed E-state index contributed by atoms with van der Waals surface area (Å²) in [5.74, 6) is -0.630. The Morgan fingerprint density at radius 2 is 1.97 bits per heavy atom. The average molecular weight is 450 g/mol. The van der Waals surface area contributed by atoms with Crippen molar-refractivity contribution in [3.05, 3.63) is 18.6 Å². The van der Waals surface area contributed by atoms with Crippen molar-refractivity contribution in [1.82, 2.24) is 24.3 Å². The highest BCUT2D eigenvalue weighted by Gasteiger charge is 2.35. The maximum absolute atomic E-state index is 12.8. The number of nitrogens with zero attached hydrogens (tertiary/aromatic N) is 5. The molecule has 2 amide bonds. The van der Waals surface area contributed by atoms with Gasteiger partial charge in [0, 0.05) is 53.3 Å². The van der Waals surface area contributed by atoms with Gasteiger partial charge in [-0.1, -0.05) is 0 Å². The lowest BCUT2D eigenvalue weighted by molar-refractivity contribution is -0.205. The molecular formula is C19H26N6O7. The Labute approximate surface area is 183 Å². The van der Waals surface area contributed by atoms with Crippen molar-refractivity contribution in [2.24, 2.45) is 0 Å². The molecule has 1 fully saturated rings. The Balaban J connectivity index is 1.55. The number of carbonyl (C=O) groups is 3. The number of carboxylic acids is 1. The molecule has 32 heavy (non-hydrogen) atoms. The van der Waals surface area contributed by atoms with Crippen molar-refractivity contribution in [3.8, 4) is 0 Å². The number of hydrogen-bond donors (Lipinski definition) is 3. The smallest absolute Gasteiger partial charge is 0.411 e. The topological polar surface area (TPSA) is 159 Å². The first-order chi connectivity index (χ1) is 15.2. The number of aliphatic carboxylic acids is 1. The minimum atomic E-state index is -1.24. The molecule has 0 aromatic carbocycles. The molecule has 3 heterocycles. The molecule has 3 rings (SSSR count). The Kier molecular flexibility index (Phi) is 7.10. The maximum Gasteiger partial charge on any atom is 0.411 e. The van der Waals surface area contributed by atoms with Crippen LogP contribution >= 0.6 is 0 Å². The number of aliphatic hydroxyl groups excluding tert-OH is 1. The van der Waals surface area contributed by atoms with Gasteiger partial charge in [-0.2, -0.15) is 0 Å². The minimum Gasteiger partial charge on any atom is -0.479 e. The SMILES string of the molecule is CNc1ncnc2c1ccn2C(=O)N(C)CCN(C)C(=O)O[C@H]1C[C@@H](O)C[C@@H](C(=O)O)O1. The monoisotopic (exact) mass is 450 g/mol. The number of hydrogen-bond acceptors (Lipinski definition) is 9. The fourth-order valence-electron chi connectivity index (χ4n) is 3.27.